The van der Waals surface area contributed by atoms with E-state index in [0.29, 0.717) is 19.5 Å². The van der Waals surface area contributed by atoms with Crippen molar-refractivity contribution in [3.63, 3.8) is 0 Å². The van der Waals surface area contributed by atoms with Crippen LogP contribution < -0.4 is 10.5 Å². The normalized spacial score (nSPS) is 21.3. The van der Waals surface area contributed by atoms with Crippen LogP contribution in [0.4, 0.5) is 4.39 Å². The van der Waals surface area contributed by atoms with E-state index in [-0.39, 0.29) is 17.8 Å². The Labute approximate surface area is 134 Å². The standard InChI is InChI=1S/C18H19FN2O2/c19-14-6-4-5-13(9-14)11-21-12-16(10-17(21)18(20)22)23-15-7-2-1-3-8-15/h1-9,16-17H,10-12H2,(H2,20,22)/t16-,17-/m0/s1. The second-order valence-electron chi connectivity index (χ2n) is 5.77. The Kier molecular flexibility index (Phi) is 4.57. The summed E-state index contributed by atoms with van der Waals surface area (Å²) < 4.78 is 19.3. The summed E-state index contributed by atoms with van der Waals surface area (Å²) in [6, 6.07) is 15.5. The van der Waals surface area contributed by atoms with Crippen molar-refractivity contribution in [2.75, 3.05) is 6.54 Å². The molecule has 1 heterocycles. The first-order chi connectivity index (χ1) is 11.1. The van der Waals surface area contributed by atoms with Gasteiger partial charge in [0.2, 0.25) is 5.91 Å². The van der Waals surface area contributed by atoms with Gasteiger partial charge in [0.1, 0.15) is 17.7 Å². The van der Waals surface area contributed by atoms with Crippen molar-refractivity contribution in [3.05, 3.63) is 66.0 Å². The van der Waals surface area contributed by atoms with Gasteiger partial charge in [-0.25, -0.2) is 4.39 Å². The molecule has 1 amide bonds. The summed E-state index contributed by atoms with van der Waals surface area (Å²) in [5.74, 6) is 0.114. The SMILES string of the molecule is NC(=O)[C@@H]1C[C@H](Oc2ccccc2)CN1Cc1cccc(F)c1. The lowest BCUT2D eigenvalue weighted by Gasteiger charge is -2.21. The fourth-order valence-corrected chi connectivity index (χ4v) is 2.98. The van der Waals surface area contributed by atoms with E-state index in [1.165, 1.54) is 12.1 Å². The molecule has 2 aromatic rings. The molecular weight excluding hydrogens is 295 g/mol. The van der Waals surface area contributed by atoms with E-state index in [0.717, 1.165) is 11.3 Å². The number of hydrogen-bond donors (Lipinski definition) is 1. The molecule has 0 aliphatic carbocycles. The number of nitrogens with two attached hydrogens (primary N) is 1. The van der Waals surface area contributed by atoms with Crippen LogP contribution in [0.2, 0.25) is 0 Å². The number of para-hydroxylation sites is 1. The molecule has 0 bridgehead atoms. The first kappa shape index (κ1) is 15.5. The van der Waals surface area contributed by atoms with E-state index >= 15 is 0 Å². The maximum absolute atomic E-state index is 13.3. The van der Waals surface area contributed by atoms with E-state index in [1.54, 1.807) is 6.07 Å². The van der Waals surface area contributed by atoms with Gasteiger partial charge < -0.3 is 10.5 Å². The molecule has 2 atom stereocenters. The molecule has 5 heteroatoms. The minimum absolute atomic E-state index is 0.108. The molecule has 2 N–H and O–H groups in total. The summed E-state index contributed by atoms with van der Waals surface area (Å²) in [5.41, 5.74) is 6.33. The molecule has 2 aromatic carbocycles. The molecule has 1 aliphatic heterocycles. The molecule has 0 spiro atoms. The Hall–Kier alpha value is -2.40. The highest BCUT2D eigenvalue weighted by Crippen LogP contribution is 2.24. The van der Waals surface area contributed by atoms with Crippen molar-refractivity contribution in [1.29, 1.82) is 0 Å². The minimum atomic E-state index is -0.396. The smallest absolute Gasteiger partial charge is 0.234 e. The summed E-state index contributed by atoms with van der Waals surface area (Å²) in [6.45, 7) is 1.05. The van der Waals surface area contributed by atoms with Crippen molar-refractivity contribution in [2.24, 2.45) is 5.73 Å². The Bertz CT molecular complexity index is 678. The molecule has 0 aromatic heterocycles. The van der Waals surface area contributed by atoms with Crippen LogP contribution in [-0.4, -0.2) is 29.5 Å². The first-order valence-corrected chi connectivity index (χ1v) is 7.61. The third kappa shape index (κ3) is 3.87. The number of amides is 1. The third-order valence-corrected chi connectivity index (χ3v) is 4.01. The first-order valence-electron chi connectivity index (χ1n) is 7.61. The zero-order valence-electron chi connectivity index (χ0n) is 12.7. The number of benzene rings is 2. The van der Waals surface area contributed by atoms with Crippen LogP contribution in [0.1, 0.15) is 12.0 Å². The summed E-state index contributed by atoms with van der Waals surface area (Å²) in [6.07, 6.45) is 0.433. The van der Waals surface area contributed by atoms with E-state index in [9.17, 15) is 9.18 Å². The molecule has 0 saturated carbocycles. The number of carbonyl (C=O) groups is 1. The van der Waals surface area contributed by atoms with Gasteiger partial charge >= 0.3 is 0 Å². The molecule has 23 heavy (non-hydrogen) atoms. The van der Waals surface area contributed by atoms with Crippen LogP contribution in [0.3, 0.4) is 0 Å². The van der Waals surface area contributed by atoms with Crippen LogP contribution in [0.15, 0.2) is 54.6 Å². The van der Waals surface area contributed by atoms with E-state index in [4.69, 9.17) is 10.5 Å². The minimum Gasteiger partial charge on any atom is -0.489 e. The molecule has 3 rings (SSSR count). The molecule has 0 unspecified atom stereocenters. The highest BCUT2D eigenvalue weighted by Gasteiger charge is 2.36. The van der Waals surface area contributed by atoms with Crippen molar-refractivity contribution in [2.45, 2.75) is 25.1 Å². The molecule has 1 saturated heterocycles. The van der Waals surface area contributed by atoms with Gasteiger partial charge in [0, 0.05) is 19.5 Å². The lowest BCUT2D eigenvalue weighted by molar-refractivity contribution is -0.122. The van der Waals surface area contributed by atoms with Crippen molar-refractivity contribution < 1.29 is 13.9 Å². The number of carbonyl (C=O) groups excluding carboxylic acids is 1. The second-order valence-corrected chi connectivity index (χ2v) is 5.77. The van der Waals surface area contributed by atoms with Crippen molar-refractivity contribution in [1.82, 2.24) is 4.90 Å². The molecule has 1 aliphatic rings. The Balaban J connectivity index is 1.70. The summed E-state index contributed by atoms with van der Waals surface area (Å²) >= 11 is 0. The van der Waals surface area contributed by atoms with Crippen LogP contribution in [0.5, 0.6) is 5.75 Å². The van der Waals surface area contributed by atoms with Crippen molar-refractivity contribution >= 4 is 5.91 Å². The predicted octanol–water partition coefficient (Wildman–Crippen LogP) is 2.33. The quantitative estimate of drug-likeness (QED) is 0.921. The Morgan fingerprint density at radius 3 is 2.70 bits per heavy atom. The van der Waals surface area contributed by atoms with Gasteiger partial charge in [-0.1, -0.05) is 30.3 Å². The van der Waals surface area contributed by atoms with Crippen molar-refractivity contribution in [3.8, 4) is 5.75 Å². The van der Waals surface area contributed by atoms with E-state index in [2.05, 4.69) is 0 Å². The molecule has 4 nitrogen and oxygen atoms in total. The van der Waals surface area contributed by atoms with Gasteiger partial charge in [-0.15, -0.1) is 0 Å². The second kappa shape index (κ2) is 6.79. The fourth-order valence-electron chi connectivity index (χ4n) is 2.98. The van der Waals surface area contributed by atoms with Crippen LogP contribution >= 0.6 is 0 Å². The number of hydrogen-bond acceptors (Lipinski definition) is 3. The zero-order valence-corrected chi connectivity index (χ0v) is 12.7. The topological polar surface area (TPSA) is 55.6 Å². The lowest BCUT2D eigenvalue weighted by atomic mass is 10.1. The number of likely N-dealkylation sites (tertiary alicyclic amines) is 1. The predicted molar refractivity (Wildman–Crippen MR) is 85.3 cm³/mol. The number of primary amides is 1. The maximum Gasteiger partial charge on any atom is 0.234 e. The summed E-state index contributed by atoms with van der Waals surface area (Å²) in [4.78, 5) is 13.7. The fraction of sp³-hybridized carbons (Fsp3) is 0.278. The highest BCUT2D eigenvalue weighted by molar-refractivity contribution is 5.80. The number of nitrogens with zero attached hydrogens (tertiary/aromatic N) is 1. The van der Waals surface area contributed by atoms with Gasteiger partial charge in [-0.05, 0) is 29.8 Å². The van der Waals surface area contributed by atoms with Gasteiger partial charge in [-0.3, -0.25) is 9.69 Å². The average molecular weight is 314 g/mol. The number of halogens is 1. The highest BCUT2D eigenvalue weighted by atomic mass is 19.1. The number of rotatable bonds is 5. The van der Waals surface area contributed by atoms with E-state index in [1.807, 2.05) is 41.3 Å². The largest absolute Gasteiger partial charge is 0.489 e. The van der Waals surface area contributed by atoms with Gasteiger partial charge in [0.05, 0.1) is 6.04 Å². The average Bonchev–Trinajstić information content (AvgIpc) is 2.91. The van der Waals surface area contributed by atoms with Gasteiger partial charge in [0.15, 0.2) is 0 Å². The summed E-state index contributed by atoms with van der Waals surface area (Å²) in [7, 11) is 0. The third-order valence-electron chi connectivity index (χ3n) is 4.01. The summed E-state index contributed by atoms with van der Waals surface area (Å²) in [5, 5.41) is 0. The lowest BCUT2D eigenvalue weighted by Crippen LogP contribution is -2.39. The molecule has 1 fully saturated rings. The maximum atomic E-state index is 13.3. The van der Waals surface area contributed by atoms with Crippen LogP contribution in [-0.2, 0) is 11.3 Å². The Morgan fingerprint density at radius 2 is 2.00 bits per heavy atom. The zero-order chi connectivity index (χ0) is 16.2. The van der Waals surface area contributed by atoms with Gasteiger partial charge in [0.25, 0.3) is 0 Å². The van der Waals surface area contributed by atoms with Crippen LogP contribution in [0.25, 0.3) is 0 Å². The van der Waals surface area contributed by atoms with Crippen LogP contribution in [0, 0.1) is 5.82 Å². The molecule has 0 radical (unpaired) electrons. The molecule has 120 valence electrons. The van der Waals surface area contributed by atoms with E-state index < -0.39 is 6.04 Å². The Morgan fingerprint density at radius 1 is 1.22 bits per heavy atom. The monoisotopic (exact) mass is 314 g/mol. The molecular formula is C18H19FN2O2. The van der Waals surface area contributed by atoms with Gasteiger partial charge in [-0.2, -0.15) is 0 Å². The number of ether oxygens (including phenoxy) is 1.